The number of aryl methyl sites for hydroxylation is 1. The maximum absolute atomic E-state index is 13.3. The Morgan fingerprint density at radius 2 is 1.88 bits per heavy atom. The van der Waals surface area contributed by atoms with E-state index in [4.69, 9.17) is 14.5 Å². The number of H-pyrrole nitrogens is 1. The van der Waals surface area contributed by atoms with E-state index in [2.05, 4.69) is 51.7 Å². The minimum absolute atomic E-state index is 0.275. The van der Waals surface area contributed by atoms with Crippen molar-refractivity contribution in [2.45, 2.75) is 20.0 Å². The Morgan fingerprint density at radius 3 is 2.64 bits per heavy atom. The van der Waals surface area contributed by atoms with E-state index < -0.39 is 0 Å². The predicted octanol–water partition coefficient (Wildman–Crippen LogP) is 4.65. The first-order valence-corrected chi connectivity index (χ1v) is 11.2. The molecule has 1 saturated heterocycles. The van der Waals surface area contributed by atoms with E-state index in [-0.39, 0.29) is 5.82 Å². The largest absolute Gasteiger partial charge is 0.489 e. The number of pyridine rings is 1. The van der Waals surface area contributed by atoms with Crippen LogP contribution in [0.2, 0.25) is 0 Å². The normalized spacial score (nSPS) is 13.9. The highest BCUT2D eigenvalue weighted by Crippen LogP contribution is 2.25. The lowest BCUT2D eigenvalue weighted by molar-refractivity contribution is 0.122. The lowest BCUT2D eigenvalue weighted by atomic mass is 10.1. The van der Waals surface area contributed by atoms with Crippen LogP contribution < -0.4 is 9.64 Å². The molecule has 170 valence electrons. The third-order valence-electron chi connectivity index (χ3n) is 5.88. The molecule has 4 aromatic rings. The smallest absolute Gasteiger partial charge is 0.128 e. The van der Waals surface area contributed by atoms with Crippen molar-refractivity contribution in [2.24, 2.45) is 0 Å². The van der Waals surface area contributed by atoms with Gasteiger partial charge in [-0.25, -0.2) is 9.37 Å². The van der Waals surface area contributed by atoms with Crippen molar-refractivity contribution in [1.82, 2.24) is 14.5 Å². The molecule has 0 aliphatic carbocycles. The van der Waals surface area contributed by atoms with Crippen molar-refractivity contribution >= 4 is 5.82 Å². The Hall–Kier alpha value is -3.58. The zero-order valence-corrected chi connectivity index (χ0v) is 18.6. The highest BCUT2D eigenvalue weighted by atomic mass is 19.1. The van der Waals surface area contributed by atoms with E-state index in [1.54, 1.807) is 12.1 Å². The number of halogens is 1. The van der Waals surface area contributed by atoms with Gasteiger partial charge in [0.1, 0.15) is 29.8 Å². The molecule has 1 aliphatic heterocycles. The predicted molar refractivity (Wildman–Crippen MR) is 126 cm³/mol. The molecule has 0 unspecified atom stereocenters. The molecule has 0 atom stereocenters. The summed E-state index contributed by atoms with van der Waals surface area (Å²) in [5, 5.41) is 0. The second-order valence-corrected chi connectivity index (χ2v) is 8.15. The van der Waals surface area contributed by atoms with Crippen molar-refractivity contribution in [3.63, 3.8) is 0 Å². The minimum Gasteiger partial charge on any atom is -0.489 e. The SMILES string of the molecule is Cc1cc(COc2ccc(F)cc2)c(Cc2cccc(N3CCOCC3)n2)n1-c1ccc[nH]1. The van der Waals surface area contributed by atoms with Gasteiger partial charge in [-0.2, -0.15) is 0 Å². The molecule has 0 radical (unpaired) electrons. The van der Waals surface area contributed by atoms with Crippen LogP contribution in [0.4, 0.5) is 10.2 Å². The standard InChI is InChI=1S/C26H27FN4O2/c1-19-16-20(18-33-23-9-7-21(27)8-10-23)24(31(19)25-6-3-11-28-25)17-22-4-2-5-26(29-22)30-12-14-32-15-13-30/h2-11,16,28H,12-15,17-18H2,1H3. The number of hydrogen-bond donors (Lipinski definition) is 1. The molecule has 5 rings (SSSR count). The van der Waals surface area contributed by atoms with Crippen LogP contribution in [0.5, 0.6) is 5.75 Å². The Kier molecular flexibility index (Phi) is 6.13. The van der Waals surface area contributed by atoms with Crippen LogP contribution in [0.1, 0.15) is 22.6 Å². The number of hydrogen-bond acceptors (Lipinski definition) is 4. The number of ether oxygens (including phenoxy) is 2. The van der Waals surface area contributed by atoms with Gasteiger partial charge in [-0.1, -0.05) is 6.07 Å². The first-order chi connectivity index (χ1) is 16.2. The first kappa shape index (κ1) is 21.3. The van der Waals surface area contributed by atoms with Gasteiger partial charge in [0, 0.05) is 48.4 Å². The molecule has 3 aromatic heterocycles. The van der Waals surface area contributed by atoms with Gasteiger partial charge in [-0.05, 0) is 61.5 Å². The minimum atomic E-state index is -0.275. The van der Waals surface area contributed by atoms with Gasteiger partial charge in [0.15, 0.2) is 0 Å². The zero-order valence-electron chi connectivity index (χ0n) is 18.6. The van der Waals surface area contributed by atoms with Crippen LogP contribution in [0.15, 0.2) is 66.9 Å². The summed E-state index contributed by atoms with van der Waals surface area (Å²) in [4.78, 5) is 10.5. The molecule has 0 saturated carbocycles. The molecule has 0 spiro atoms. The Balaban J connectivity index is 1.45. The average Bonchev–Trinajstić information content (AvgIpc) is 3.47. The molecule has 6 nitrogen and oxygen atoms in total. The third kappa shape index (κ3) is 4.78. The molecule has 0 amide bonds. The summed E-state index contributed by atoms with van der Waals surface area (Å²) in [6.07, 6.45) is 2.58. The van der Waals surface area contributed by atoms with E-state index in [0.29, 0.717) is 18.8 Å². The van der Waals surface area contributed by atoms with Gasteiger partial charge >= 0.3 is 0 Å². The van der Waals surface area contributed by atoms with Gasteiger partial charge in [-0.15, -0.1) is 0 Å². The quantitative estimate of drug-likeness (QED) is 0.449. The number of rotatable bonds is 7. The van der Waals surface area contributed by atoms with Gasteiger partial charge in [0.2, 0.25) is 0 Å². The van der Waals surface area contributed by atoms with Crippen LogP contribution in [-0.2, 0) is 17.8 Å². The van der Waals surface area contributed by atoms with Gasteiger partial charge < -0.3 is 23.9 Å². The molecule has 33 heavy (non-hydrogen) atoms. The Morgan fingerprint density at radius 1 is 1.06 bits per heavy atom. The van der Waals surface area contributed by atoms with Crippen LogP contribution in [0.3, 0.4) is 0 Å². The monoisotopic (exact) mass is 446 g/mol. The lowest BCUT2D eigenvalue weighted by Gasteiger charge is -2.28. The average molecular weight is 447 g/mol. The van der Waals surface area contributed by atoms with Crippen molar-refractivity contribution in [2.75, 3.05) is 31.2 Å². The van der Waals surface area contributed by atoms with E-state index in [1.165, 1.54) is 12.1 Å². The highest BCUT2D eigenvalue weighted by molar-refractivity contribution is 5.43. The summed E-state index contributed by atoms with van der Waals surface area (Å²) in [6, 6.07) is 18.5. The summed E-state index contributed by atoms with van der Waals surface area (Å²) in [5.74, 6) is 2.34. The Labute approximate surface area is 192 Å². The molecule has 7 heteroatoms. The molecular weight excluding hydrogens is 419 g/mol. The number of aromatic nitrogens is 3. The number of anilines is 1. The zero-order chi connectivity index (χ0) is 22.6. The third-order valence-corrected chi connectivity index (χ3v) is 5.88. The topological polar surface area (TPSA) is 55.3 Å². The number of benzene rings is 1. The summed E-state index contributed by atoms with van der Waals surface area (Å²) in [7, 11) is 0. The molecule has 1 N–H and O–H groups in total. The molecular formula is C26H27FN4O2. The lowest BCUT2D eigenvalue weighted by Crippen LogP contribution is -2.36. The Bertz CT molecular complexity index is 1200. The molecule has 1 aliphatic rings. The van der Waals surface area contributed by atoms with Crippen molar-refractivity contribution in [1.29, 1.82) is 0 Å². The number of aromatic amines is 1. The molecule has 1 aromatic carbocycles. The highest BCUT2D eigenvalue weighted by Gasteiger charge is 2.18. The van der Waals surface area contributed by atoms with Gasteiger partial charge in [-0.3, -0.25) is 0 Å². The van der Waals surface area contributed by atoms with Crippen molar-refractivity contribution < 1.29 is 13.9 Å². The van der Waals surface area contributed by atoms with Crippen LogP contribution in [0.25, 0.3) is 5.82 Å². The summed E-state index contributed by atoms with van der Waals surface area (Å²) >= 11 is 0. The first-order valence-electron chi connectivity index (χ1n) is 11.2. The fraction of sp³-hybridized carbons (Fsp3) is 0.269. The maximum Gasteiger partial charge on any atom is 0.128 e. The van der Waals surface area contributed by atoms with Gasteiger partial charge in [0.25, 0.3) is 0 Å². The maximum atomic E-state index is 13.3. The molecule has 4 heterocycles. The summed E-state index contributed by atoms with van der Waals surface area (Å²) in [5.41, 5.74) is 4.29. The fourth-order valence-corrected chi connectivity index (χ4v) is 4.27. The summed E-state index contributed by atoms with van der Waals surface area (Å²) < 4.78 is 27.0. The van der Waals surface area contributed by atoms with E-state index in [9.17, 15) is 4.39 Å². The van der Waals surface area contributed by atoms with Crippen molar-refractivity contribution in [3.8, 4) is 11.6 Å². The van der Waals surface area contributed by atoms with Gasteiger partial charge in [0.05, 0.1) is 13.2 Å². The van der Waals surface area contributed by atoms with Crippen LogP contribution >= 0.6 is 0 Å². The molecule has 1 fully saturated rings. The number of morpholine rings is 1. The number of nitrogens with one attached hydrogen (secondary N) is 1. The number of nitrogens with zero attached hydrogens (tertiary/aromatic N) is 3. The molecule has 0 bridgehead atoms. The van der Waals surface area contributed by atoms with E-state index in [0.717, 1.165) is 60.6 Å². The summed E-state index contributed by atoms with van der Waals surface area (Å²) in [6.45, 7) is 5.63. The van der Waals surface area contributed by atoms with E-state index >= 15 is 0 Å². The van der Waals surface area contributed by atoms with E-state index in [1.807, 2.05) is 12.3 Å². The van der Waals surface area contributed by atoms with Crippen LogP contribution in [-0.4, -0.2) is 40.8 Å². The van der Waals surface area contributed by atoms with Crippen molar-refractivity contribution in [3.05, 3.63) is 95.3 Å². The fourth-order valence-electron chi connectivity index (χ4n) is 4.27. The second kappa shape index (κ2) is 9.50. The second-order valence-electron chi connectivity index (χ2n) is 8.15. The van der Waals surface area contributed by atoms with Crippen LogP contribution in [0, 0.1) is 12.7 Å².